The molecule has 5 nitrogen and oxygen atoms in total. The summed E-state index contributed by atoms with van der Waals surface area (Å²) in [5.74, 6) is -0.515. The van der Waals surface area contributed by atoms with Crippen LogP contribution in [-0.2, 0) is 4.79 Å². The van der Waals surface area contributed by atoms with Crippen LogP contribution < -0.4 is 4.90 Å². The van der Waals surface area contributed by atoms with Gasteiger partial charge in [-0.3, -0.25) is 9.59 Å². The largest absolute Gasteiger partial charge is 0.481 e. The summed E-state index contributed by atoms with van der Waals surface area (Å²) in [7, 11) is 0. The Hall–Kier alpha value is -2.56. The van der Waals surface area contributed by atoms with Gasteiger partial charge in [-0.1, -0.05) is 18.2 Å². The molecule has 1 amide bonds. The lowest BCUT2D eigenvalue weighted by Crippen LogP contribution is -2.29. The van der Waals surface area contributed by atoms with Crippen molar-refractivity contribution in [3.05, 3.63) is 53.5 Å². The first kappa shape index (κ1) is 13.4. The molecule has 5 heteroatoms. The number of anilines is 1. The lowest BCUT2D eigenvalue weighted by atomic mass is 9.98. The molecule has 0 fully saturated rings. The fourth-order valence-corrected chi connectivity index (χ4v) is 2.78. The maximum absolute atomic E-state index is 12.6. The Morgan fingerprint density at radius 2 is 2.14 bits per heavy atom. The van der Waals surface area contributed by atoms with Gasteiger partial charge in [0.15, 0.2) is 0 Å². The average molecular weight is 285 g/mol. The molecular weight excluding hydrogens is 270 g/mol. The van der Waals surface area contributed by atoms with Gasteiger partial charge < -0.3 is 14.4 Å². The van der Waals surface area contributed by atoms with E-state index in [1.54, 1.807) is 17.9 Å². The molecule has 0 aliphatic carbocycles. The van der Waals surface area contributed by atoms with Gasteiger partial charge in [0.1, 0.15) is 12.0 Å². The fraction of sp³-hybridized carbons (Fsp3) is 0.250. The molecule has 1 aliphatic rings. The van der Waals surface area contributed by atoms with Gasteiger partial charge in [-0.05, 0) is 24.6 Å². The van der Waals surface area contributed by atoms with Crippen molar-refractivity contribution in [1.29, 1.82) is 0 Å². The number of hydrogen-bond acceptors (Lipinski definition) is 3. The Morgan fingerprint density at radius 3 is 2.81 bits per heavy atom. The zero-order valence-corrected chi connectivity index (χ0v) is 11.6. The van der Waals surface area contributed by atoms with E-state index in [-0.39, 0.29) is 18.2 Å². The molecule has 0 radical (unpaired) electrons. The highest BCUT2D eigenvalue weighted by Crippen LogP contribution is 2.38. The minimum Gasteiger partial charge on any atom is -0.481 e. The van der Waals surface area contributed by atoms with E-state index in [9.17, 15) is 9.59 Å². The quantitative estimate of drug-likeness (QED) is 0.941. The van der Waals surface area contributed by atoms with Crippen LogP contribution in [-0.4, -0.2) is 23.5 Å². The highest BCUT2D eigenvalue weighted by atomic mass is 16.4. The number of furan rings is 1. The molecule has 0 bridgehead atoms. The molecule has 1 N–H and O–H groups in total. The smallest absolute Gasteiger partial charge is 0.304 e. The van der Waals surface area contributed by atoms with E-state index in [1.807, 2.05) is 24.3 Å². The molecule has 2 aromatic rings. The number of nitrogens with zero attached hydrogens (tertiary/aromatic N) is 1. The number of aryl methyl sites for hydroxylation is 1. The highest BCUT2D eigenvalue weighted by Gasteiger charge is 2.34. The molecule has 1 unspecified atom stereocenters. The van der Waals surface area contributed by atoms with Gasteiger partial charge in [0.2, 0.25) is 0 Å². The Labute approximate surface area is 121 Å². The van der Waals surface area contributed by atoms with E-state index in [0.29, 0.717) is 17.9 Å². The van der Waals surface area contributed by atoms with Crippen LogP contribution in [0, 0.1) is 6.92 Å². The van der Waals surface area contributed by atoms with Gasteiger partial charge in [0, 0.05) is 18.2 Å². The van der Waals surface area contributed by atoms with Crippen LogP contribution in [0.1, 0.15) is 34.0 Å². The van der Waals surface area contributed by atoms with Crippen molar-refractivity contribution >= 4 is 17.6 Å². The van der Waals surface area contributed by atoms with Crippen LogP contribution in [0.2, 0.25) is 0 Å². The van der Waals surface area contributed by atoms with Gasteiger partial charge in [-0.2, -0.15) is 0 Å². The summed E-state index contributed by atoms with van der Waals surface area (Å²) in [4.78, 5) is 25.2. The molecule has 108 valence electrons. The van der Waals surface area contributed by atoms with Crippen LogP contribution in [0.15, 0.2) is 41.0 Å². The van der Waals surface area contributed by atoms with Crippen LogP contribution in [0.3, 0.4) is 0 Å². The number of hydrogen-bond donors (Lipinski definition) is 1. The summed E-state index contributed by atoms with van der Waals surface area (Å²) < 4.78 is 5.18. The molecule has 1 aromatic carbocycles. The number of amides is 1. The highest BCUT2D eigenvalue weighted by molar-refractivity contribution is 6.07. The normalized spacial score (nSPS) is 16.8. The SMILES string of the molecule is Cc1cc(C(=O)N2CC(CC(=O)O)c3ccccc32)co1. The van der Waals surface area contributed by atoms with Crippen molar-refractivity contribution < 1.29 is 19.1 Å². The van der Waals surface area contributed by atoms with Crippen molar-refractivity contribution in [3.63, 3.8) is 0 Å². The molecule has 0 saturated carbocycles. The summed E-state index contributed by atoms with van der Waals surface area (Å²) in [5.41, 5.74) is 2.18. The topological polar surface area (TPSA) is 70.8 Å². The standard InChI is InChI=1S/C16H15NO4/c1-10-6-12(9-21-10)16(20)17-8-11(7-15(18)19)13-4-2-3-5-14(13)17/h2-6,9,11H,7-8H2,1H3,(H,18,19). The second-order valence-electron chi connectivity index (χ2n) is 5.22. The van der Waals surface area contributed by atoms with Crippen molar-refractivity contribution in [2.45, 2.75) is 19.3 Å². The third kappa shape index (κ3) is 2.42. The van der Waals surface area contributed by atoms with Crippen molar-refractivity contribution in [2.75, 3.05) is 11.4 Å². The Bertz CT molecular complexity index is 704. The Balaban J connectivity index is 1.94. The van der Waals surface area contributed by atoms with Gasteiger partial charge >= 0.3 is 5.97 Å². The van der Waals surface area contributed by atoms with Crippen molar-refractivity contribution in [3.8, 4) is 0 Å². The third-order valence-electron chi connectivity index (χ3n) is 3.71. The summed E-state index contributed by atoms with van der Waals surface area (Å²) in [5, 5.41) is 9.03. The Kier molecular flexibility index (Phi) is 3.25. The summed E-state index contributed by atoms with van der Waals surface area (Å²) in [6, 6.07) is 9.14. The number of carbonyl (C=O) groups excluding carboxylic acids is 1. The Morgan fingerprint density at radius 1 is 1.38 bits per heavy atom. The molecule has 0 saturated heterocycles. The van der Waals surface area contributed by atoms with Crippen LogP contribution >= 0.6 is 0 Å². The first-order valence-electron chi connectivity index (χ1n) is 6.74. The number of benzene rings is 1. The van der Waals surface area contributed by atoms with Gasteiger partial charge in [-0.25, -0.2) is 0 Å². The van der Waals surface area contributed by atoms with E-state index in [1.165, 1.54) is 6.26 Å². The second kappa shape index (κ2) is 5.09. The van der Waals surface area contributed by atoms with Crippen molar-refractivity contribution in [2.24, 2.45) is 0 Å². The minimum absolute atomic E-state index is 0.0191. The minimum atomic E-state index is -0.858. The summed E-state index contributed by atoms with van der Waals surface area (Å²) >= 11 is 0. The molecule has 1 aliphatic heterocycles. The van der Waals surface area contributed by atoms with E-state index in [0.717, 1.165) is 11.3 Å². The van der Waals surface area contributed by atoms with E-state index >= 15 is 0 Å². The zero-order chi connectivity index (χ0) is 15.0. The molecule has 1 aromatic heterocycles. The summed E-state index contributed by atoms with van der Waals surface area (Å²) in [6.07, 6.45) is 1.45. The lowest BCUT2D eigenvalue weighted by molar-refractivity contribution is -0.137. The number of aliphatic carboxylic acids is 1. The number of para-hydroxylation sites is 1. The number of carbonyl (C=O) groups is 2. The molecule has 1 atom stereocenters. The van der Waals surface area contributed by atoms with Gasteiger partial charge in [0.05, 0.1) is 12.0 Å². The van der Waals surface area contributed by atoms with Crippen molar-refractivity contribution in [1.82, 2.24) is 0 Å². The van der Waals surface area contributed by atoms with Crippen LogP contribution in [0.4, 0.5) is 5.69 Å². The van der Waals surface area contributed by atoms with E-state index in [4.69, 9.17) is 9.52 Å². The fourth-order valence-electron chi connectivity index (χ4n) is 2.78. The number of rotatable bonds is 3. The predicted molar refractivity (Wildman–Crippen MR) is 76.6 cm³/mol. The molecule has 0 spiro atoms. The molecule has 21 heavy (non-hydrogen) atoms. The predicted octanol–water partition coefficient (Wildman–Crippen LogP) is 2.81. The van der Waals surface area contributed by atoms with E-state index in [2.05, 4.69) is 0 Å². The maximum Gasteiger partial charge on any atom is 0.304 e. The van der Waals surface area contributed by atoms with E-state index < -0.39 is 5.97 Å². The van der Waals surface area contributed by atoms with Crippen LogP contribution in [0.25, 0.3) is 0 Å². The maximum atomic E-state index is 12.6. The third-order valence-corrected chi connectivity index (χ3v) is 3.71. The first-order valence-corrected chi connectivity index (χ1v) is 6.74. The monoisotopic (exact) mass is 285 g/mol. The molecule has 3 rings (SSSR count). The lowest BCUT2D eigenvalue weighted by Gasteiger charge is -2.16. The number of fused-ring (bicyclic) bond motifs is 1. The summed E-state index contributed by atoms with van der Waals surface area (Å²) in [6.45, 7) is 2.16. The van der Waals surface area contributed by atoms with Crippen LogP contribution in [0.5, 0.6) is 0 Å². The first-order chi connectivity index (χ1) is 10.1. The molecular formula is C16H15NO4. The van der Waals surface area contributed by atoms with Gasteiger partial charge in [0.25, 0.3) is 5.91 Å². The second-order valence-corrected chi connectivity index (χ2v) is 5.22. The molecule has 2 heterocycles. The number of carboxylic acid groups (broad SMARTS) is 1. The zero-order valence-electron chi connectivity index (χ0n) is 11.6. The average Bonchev–Trinajstić information content (AvgIpc) is 3.03. The van der Waals surface area contributed by atoms with Gasteiger partial charge in [-0.15, -0.1) is 0 Å². The number of carboxylic acids is 1.